The molecule has 3 heterocycles. The van der Waals surface area contributed by atoms with Crippen molar-refractivity contribution in [1.29, 1.82) is 0 Å². The van der Waals surface area contributed by atoms with Crippen molar-refractivity contribution in [3.05, 3.63) is 53.6 Å². The Morgan fingerprint density at radius 2 is 2.19 bits per heavy atom. The third-order valence-electron chi connectivity index (χ3n) is 4.39. The Bertz CT molecular complexity index is 680. The number of hydrogen-bond acceptors (Lipinski definition) is 3. The second-order valence-corrected chi connectivity index (χ2v) is 5.73. The molecule has 2 aliphatic heterocycles. The number of aryl methyl sites for hydroxylation is 1. The van der Waals surface area contributed by atoms with E-state index in [0.29, 0.717) is 12.6 Å². The largest absolute Gasteiger partial charge is 0.445 e. The molecule has 1 aromatic carbocycles. The van der Waals surface area contributed by atoms with Crippen LogP contribution in [0.3, 0.4) is 0 Å². The highest BCUT2D eigenvalue weighted by molar-refractivity contribution is 5.69. The maximum absolute atomic E-state index is 12.3. The Morgan fingerprint density at radius 3 is 3.00 bits per heavy atom. The number of aromatic nitrogens is 2. The van der Waals surface area contributed by atoms with E-state index in [9.17, 15) is 4.79 Å². The lowest BCUT2D eigenvalue weighted by atomic mass is 10.2. The van der Waals surface area contributed by atoms with Crippen LogP contribution in [0.4, 0.5) is 4.79 Å². The van der Waals surface area contributed by atoms with Crippen molar-refractivity contribution in [2.75, 3.05) is 6.54 Å². The maximum atomic E-state index is 12.3. The topological polar surface area (TPSA) is 47.4 Å². The van der Waals surface area contributed by atoms with Gasteiger partial charge in [0.05, 0.1) is 12.1 Å². The number of carbonyl (C=O) groups excluding carboxylic acids is 1. The molecule has 1 fully saturated rings. The summed E-state index contributed by atoms with van der Waals surface area (Å²) in [7, 11) is 0. The summed E-state index contributed by atoms with van der Waals surface area (Å²) in [6.45, 7) is 3.11. The Hall–Kier alpha value is -2.30. The average molecular weight is 283 g/mol. The van der Waals surface area contributed by atoms with Gasteiger partial charge >= 0.3 is 6.09 Å². The zero-order valence-corrected chi connectivity index (χ0v) is 11.9. The van der Waals surface area contributed by atoms with Gasteiger partial charge in [0.15, 0.2) is 0 Å². The van der Waals surface area contributed by atoms with E-state index in [1.54, 1.807) is 0 Å². The summed E-state index contributed by atoms with van der Waals surface area (Å²) in [5.41, 5.74) is 2.18. The highest BCUT2D eigenvalue weighted by Gasteiger charge is 2.46. The van der Waals surface area contributed by atoms with Crippen molar-refractivity contribution < 1.29 is 9.53 Å². The molecule has 21 heavy (non-hydrogen) atoms. The number of nitrogens with zero attached hydrogens (tertiary/aromatic N) is 3. The van der Waals surface area contributed by atoms with Crippen LogP contribution in [0.15, 0.2) is 36.5 Å². The number of benzene rings is 1. The molecule has 0 spiro atoms. The number of fused-ring (bicyclic) bond motifs is 5. The van der Waals surface area contributed by atoms with Gasteiger partial charge in [0.2, 0.25) is 0 Å². The lowest BCUT2D eigenvalue weighted by molar-refractivity contribution is 0.0867. The van der Waals surface area contributed by atoms with Crippen molar-refractivity contribution in [1.82, 2.24) is 14.5 Å². The number of likely N-dealkylation sites (tertiary alicyclic amines) is 1. The number of rotatable bonds is 2. The Balaban J connectivity index is 1.46. The first-order chi connectivity index (χ1) is 10.2. The summed E-state index contributed by atoms with van der Waals surface area (Å²) in [5, 5.41) is 0. The van der Waals surface area contributed by atoms with Crippen molar-refractivity contribution >= 4 is 6.09 Å². The van der Waals surface area contributed by atoms with Crippen LogP contribution in [0.2, 0.25) is 0 Å². The zero-order chi connectivity index (χ0) is 14.4. The molecular formula is C16H17N3O2. The molecule has 2 bridgehead atoms. The lowest BCUT2D eigenvalue weighted by Crippen LogP contribution is -2.36. The number of amides is 1. The predicted molar refractivity (Wildman–Crippen MR) is 76.7 cm³/mol. The van der Waals surface area contributed by atoms with Crippen LogP contribution < -0.4 is 0 Å². The summed E-state index contributed by atoms with van der Waals surface area (Å²) >= 11 is 0. The zero-order valence-electron chi connectivity index (χ0n) is 11.9. The molecule has 0 radical (unpaired) electrons. The van der Waals surface area contributed by atoms with Crippen LogP contribution in [0.1, 0.15) is 35.6 Å². The van der Waals surface area contributed by atoms with Gasteiger partial charge in [-0.05, 0) is 18.9 Å². The molecule has 0 saturated carbocycles. The summed E-state index contributed by atoms with van der Waals surface area (Å²) in [5.74, 6) is 1.00. The molecule has 1 saturated heterocycles. The van der Waals surface area contributed by atoms with E-state index in [1.807, 2.05) is 41.4 Å². The Morgan fingerprint density at radius 1 is 1.38 bits per heavy atom. The molecule has 4 rings (SSSR count). The third kappa shape index (κ3) is 1.92. The van der Waals surface area contributed by atoms with Crippen molar-refractivity contribution in [3.63, 3.8) is 0 Å². The highest BCUT2D eigenvalue weighted by atomic mass is 16.6. The van der Waals surface area contributed by atoms with Gasteiger partial charge in [-0.25, -0.2) is 9.78 Å². The number of hydrogen-bond donors (Lipinski definition) is 0. The molecule has 0 N–H and O–H groups in total. The van der Waals surface area contributed by atoms with Gasteiger partial charge in [-0.3, -0.25) is 4.90 Å². The molecule has 0 aliphatic carbocycles. The monoisotopic (exact) mass is 283 g/mol. The minimum absolute atomic E-state index is 0.0759. The summed E-state index contributed by atoms with van der Waals surface area (Å²) in [4.78, 5) is 18.6. The molecule has 1 amide bonds. The second-order valence-electron chi connectivity index (χ2n) is 5.73. The third-order valence-corrected chi connectivity index (χ3v) is 4.39. The van der Waals surface area contributed by atoms with E-state index in [1.165, 1.54) is 5.69 Å². The fourth-order valence-electron chi connectivity index (χ4n) is 3.44. The Kier molecular flexibility index (Phi) is 2.74. The van der Waals surface area contributed by atoms with E-state index in [0.717, 1.165) is 24.4 Å². The minimum Gasteiger partial charge on any atom is -0.445 e. The molecule has 5 nitrogen and oxygen atoms in total. The van der Waals surface area contributed by atoms with Crippen molar-refractivity contribution in [2.45, 2.75) is 32.0 Å². The first kappa shape index (κ1) is 12.4. The molecular weight excluding hydrogens is 266 g/mol. The van der Waals surface area contributed by atoms with Crippen LogP contribution in [0.25, 0.3) is 0 Å². The van der Waals surface area contributed by atoms with Gasteiger partial charge in [0, 0.05) is 18.4 Å². The van der Waals surface area contributed by atoms with E-state index < -0.39 is 0 Å². The molecule has 2 aromatic rings. The van der Waals surface area contributed by atoms with Crippen molar-refractivity contribution in [3.8, 4) is 0 Å². The van der Waals surface area contributed by atoms with Gasteiger partial charge in [0.25, 0.3) is 0 Å². The summed E-state index contributed by atoms with van der Waals surface area (Å²) in [6, 6.07) is 10.2. The van der Waals surface area contributed by atoms with Crippen LogP contribution >= 0.6 is 0 Å². The highest BCUT2D eigenvalue weighted by Crippen LogP contribution is 2.45. The standard InChI is InChI=1S/C16H17N3O2/c1-11-8-17-15-14-7-13(19(11)15)9-18(14)16(20)21-10-12-5-3-2-4-6-12/h2-6,8,13-14H,7,9-10H2,1H3/t13-,14-/m0/s1. The second kappa shape index (κ2) is 4.62. The van der Waals surface area contributed by atoms with Crippen LogP contribution in [0.5, 0.6) is 0 Å². The normalized spacial score (nSPS) is 22.4. The lowest BCUT2D eigenvalue weighted by Gasteiger charge is -2.27. The van der Waals surface area contributed by atoms with E-state index in [2.05, 4.69) is 16.5 Å². The van der Waals surface area contributed by atoms with Crippen molar-refractivity contribution in [2.24, 2.45) is 0 Å². The molecule has 1 aromatic heterocycles. The van der Waals surface area contributed by atoms with Gasteiger partial charge < -0.3 is 9.30 Å². The van der Waals surface area contributed by atoms with E-state index in [4.69, 9.17) is 4.74 Å². The SMILES string of the molecule is Cc1cnc2n1[C@H]1C[C@@H]2N(C(=O)OCc2ccccc2)C1. The van der Waals surface area contributed by atoms with Gasteiger partial charge in [-0.15, -0.1) is 0 Å². The van der Waals surface area contributed by atoms with E-state index >= 15 is 0 Å². The molecule has 0 unspecified atom stereocenters. The predicted octanol–water partition coefficient (Wildman–Crippen LogP) is 2.83. The average Bonchev–Trinajstić information content (AvgIpc) is 3.19. The quantitative estimate of drug-likeness (QED) is 0.851. The molecule has 2 atom stereocenters. The summed E-state index contributed by atoms with van der Waals surface area (Å²) < 4.78 is 7.69. The van der Waals surface area contributed by atoms with Gasteiger partial charge in [-0.2, -0.15) is 0 Å². The number of imidazole rings is 1. The maximum Gasteiger partial charge on any atom is 0.410 e. The van der Waals surface area contributed by atoms with Crippen LogP contribution in [-0.2, 0) is 11.3 Å². The fourth-order valence-corrected chi connectivity index (χ4v) is 3.44. The number of ether oxygens (including phenoxy) is 1. The van der Waals surface area contributed by atoms with Gasteiger partial charge in [0.1, 0.15) is 12.4 Å². The minimum atomic E-state index is -0.238. The van der Waals surface area contributed by atoms with Crippen LogP contribution in [0, 0.1) is 6.92 Å². The number of carbonyl (C=O) groups is 1. The molecule has 2 aliphatic rings. The summed E-state index contributed by atoms with van der Waals surface area (Å²) in [6.07, 6.45) is 2.61. The van der Waals surface area contributed by atoms with E-state index in [-0.39, 0.29) is 12.1 Å². The van der Waals surface area contributed by atoms with Gasteiger partial charge in [-0.1, -0.05) is 30.3 Å². The first-order valence-corrected chi connectivity index (χ1v) is 7.25. The van der Waals surface area contributed by atoms with Crippen LogP contribution in [-0.4, -0.2) is 27.1 Å². The molecule has 5 heteroatoms. The smallest absolute Gasteiger partial charge is 0.410 e. The first-order valence-electron chi connectivity index (χ1n) is 7.25. The fraction of sp³-hybridized carbons (Fsp3) is 0.375. The molecule has 108 valence electrons. The Labute approximate surface area is 123 Å².